The van der Waals surface area contributed by atoms with Crippen LogP contribution in [0.3, 0.4) is 0 Å². The number of rotatable bonds is 12. The zero-order valence-electron chi connectivity index (χ0n) is 17.8. The van der Waals surface area contributed by atoms with Crippen LogP contribution in [0.2, 0.25) is 5.02 Å². The number of benzene rings is 2. The number of thioether (sulfide) groups is 1. The van der Waals surface area contributed by atoms with E-state index in [1.165, 1.54) is 0 Å². The van der Waals surface area contributed by atoms with Crippen molar-refractivity contribution in [3.05, 3.63) is 70.7 Å². The van der Waals surface area contributed by atoms with Gasteiger partial charge in [0.1, 0.15) is 6.04 Å². The molecule has 0 heterocycles. The van der Waals surface area contributed by atoms with Gasteiger partial charge in [-0.25, -0.2) is 0 Å². The molecule has 0 aliphatic rings. The fourth-order valence-corrected chi connectivity index (χ4v) is 4.30. The smallest absolute Gasteiger partial charge is 0.242 e. The zero-order valence-corrected chi connectivity index (χ0v) is 19.3. The molecular formula is C24H31ClN2O2S. The number of nitrogens with zero attached hydrogens (tertiary/aromatic N) is 1. The van der Waals surface area contributed by atoms with Gasteiger partial charge in [-0.2, -0.15) is 0 Å². The minimum Gasteiger partial charge on any atom is -0.354 e. The van der Waals surface area contributed by atoms with Gasteiger partial charge in [0, 0.05) is 23.9 Å². The molecule has 0 bridgehead atoms. The van der Waals surface area contributed by atoms with Gasteiger partial charge in [0.15, 0.2) is 0 Å². The first-order valence-electron chi connectivity index (χ1n) is 10.5. The predicted molar refractivity (Wildman–Crippen MR) is 127 cm³/mol. The van der Waals surface area contributed by atoms with Gasteiger partial charge in [-0.1, -0.05) is 67.9 Å². The molecule has 30 heavy (non-hydrogen) atoms. The maximum Gasteiger partial charge on any atom is 0.242 e. The first-order chi connectivity index (χ1) is 14.5. The standard InChI is InChI=1S/C24H31ClN2O2S/c1-3-14-26-24(29)22(4-2)27(15-13-19-9-6-5-7-10-19)23(28)18-30-17-20-11-8-12-21(25)16-20/h5-12,16,22H,3-4,13-15,17-18H2,1-2H3,(H,26,29). The zero-order chi connectivity index (χ0) is 21.8. The molecule has 2 amide bonds. The minimum absolute atomic E-state index is 0.00328. The Morgan fingerprint density at radius 3 is 2.47 bits per heavy atom. The Labute approximate surface area is 189 Å². The molecule has 0 aromatic heterocycles. The minimum atomic E-state index is -0.445. The molecule has 0 fully saturated rings. The topological polar surface area (TPSA) is 49.4 Å². The molecule has 1 atom stereocenters. The van der Waals surface area contributed by atoms with Crippen LogP contribution in [-0.4, -0.2) is 41.6 Å². The van der Waals surface area contributed by atoms with Crippen LogP contribution in [0.25, 0.3) is 0 Å². The summed E-state index contributed by atoms with van der Waals surface area (Å²) in [4.78, 5) is 27.5. The quantitative estimate of drug-likeness (QED) is 0.501. The lowest BCUT2D eigenvalue weighted by molar-refractivity contribution is -0.138. The molecule has 0 saturated heterocycles. The summed E-state index contributed by atoms with van der Waals surface area (Å²) in [5.74, 6) is 0.966. The van der Waals surface area contributed by atoms with Crippen molar-refractivity contribution in [2.45, 2.75) is 44.9 Å². The SMILES string of the molecule is CCCNC(=O)C(CC)N(CCc1ccccc1)C(=O)CSCc1cccc(Cl)c1. The molecule has 0 radical (unpaired) electrons. The molecule has 6 heteroatoms. The van der Waals surface area contributed by atoms with E-state index in [0.29, 0.717) is 36.0 Å². The maximum atomic E-state index is 13.1. The molecule has 0 aliphatic heterocycles. The number of hydrogen-bond donors (Lipinski definition) is 1. The summed E-state index contributed by atoms with van der Waals surface area (Å²) in [6.07, 6.45) is 2.19. The molecule has 1 N–H and O–H groups in total. The van der Waals surface area contributed by atoms with Gasteiger partial charge in [0.25, 0.3) is 0 Å². The van der Waals surface area contributed by atoms with Crippen LogP contribution in [0, 0.1) is 0 Å². The van der Waals surface area contributed by atoms with Gasteiger partial charge in [0.05, 0.1) is 5.75 Å². The summed E-state index contributed by atoms with van der Waals surface area (Å²) in [7, 11) is 0. The van der Waals surface area contributed by atoms with E-state index < -0.39 is 6.04 Å². The summed E-state index contributed by atoms with van der Waals surface area (Å²) < 4.78 is 0. The van der Waals surface area contributed by atoms with Crippen molar-refractivity contribution >= 4 is 35.2 Å². The van der Waals surface area contributed by atoms with E-state index in [4.69, 9.17) is 11.6 Å². The number of carbonyl (C=O) groups excluding carboxylic acids is 2. The van der Waals surface area contributed by atoms with E-state index in [1.54, 1.807) is 16.7 Å². The number of carbonyl (C=O) groups is 2. The average molecular weight is 447 g/mol. The van der Waals surface area contributed by atoms with Crippen LogP contribution in [0.4, 0.5) is 0 Å². The van der Waals surface area contributed by atoms with E-state index in [9.17, 15) is 9.59 Å². The van der Waals surface area contributed by atoms with Gasteiger partial charge < -0.3 is 10.2 Å². The highest BCUT2D eigenvalue weighted by Gasteiger charge is 2.27. The summed E-state index contributed by atoms with van der Waals surface area (Å²) in [6.45, 7) is 5.13. The van der Waals surface area contributed by atoms with Crippen molar-refractivity contribution in [2.75, 3.05) is 18.8 Å². The van der Waals surface area contributed by atoms with Crippen LogP contribution in [-0.2, 0) is 21.8 Å². The fourth-order valence-electron chi connectivity index (χ4n) is 3.23. The largest absolute Gasteiger partial charge is 0.354 e. The van der Waals surface area contributed by atoms with Crippen molar-refractivity contribution in [1.82, 2.24) is 10.2 Å². The van der Waals surface area contributed by atoms with E-state index in [1.807, 2.05) is 56.3 Å². The lowest BCUT2D eigenvalue weighted by Crippen LogP contribution is -2.50. The predicted octanol–water partition coefficient (Wildman–Crippen LogP) is 4.95. The van der Waals surface area contributed by atoms with Crippen molar-refractivity contribution in [3.63, 3.8) is 0 Å². The summed E-state index contributed by atoms with van der Waals surface area (Å²) >= 11 is 7.59. The number of amides is 2. The number of nitrogens with one attached hydrogen (secondary N) is 1. The maximum absolute atomic E-state index is 13.1. The lowest BCUT2D eigenvalue weighted by atomic mass is 10.1. The van der Waals surface area contributed by atoms with Gasteiger partial charge in [0.2, 0.25) is 11.8 Å². The van der Waals surface area contributed by atoms with Crippen molar-refractivity contribution in [2.24, 2.45) is 0 Å². The molecule has 0 spiro atoms. The molecule has 2 aromatic carbocycles. The Kier molecular flexibility index (Phi) is 10.8. The van der Waals surface area contributed by atoms with Gasteiger partial charge in [-0.15, -0.1) is 11.8 Å². The van der Waals surface area contributed by atoms with E-state index in [0.717, 1.165) is 24.0 Å². The highest BCUT2D eigenvalue weighted by atomic mass is 35.5. The molecule has 2 rings (SSSR count). The van der Waals surface area contributed by atoms with E-state index >= 15 is 0 Å². The Bertz CT molecular complexity index is 801. The van der Waals surface area contributed by atoms with Crippen molar-refractivity contribution in [1.29, 1.82) is 0 Å². The molecule has 4 nitrogen and oxygen atoms in total. The highest BCUT2D eigenvalue weighted by Crippen LogP contribution is 2.18. The molecule has 162 valence electrons. The highest BCUT2D eigenvalue weighted by molar-refractivity contribution is 7.99. The third-order valence-electron chi connectivity index (χ3n) is 4.80. The summed E-state index contributed by atoms with van der Waals surface area (Å²) in [5.41, 5.74) is 2.24. The van der Waals surface area contributed by atoms with Gasteiger partial charge >= 0.3 is 0 Å². The molecule has 1 unspecified atom stereocenters. The second-order valence-corrected chi connectivity index (χ2v) is 8.58. The monoisotopic (exact) mass is 446 g/mol. The molecule has 0 aliphatic carbocycles. The van der Waals surface area contributed by atoms with Gasteiger partial charge in [-0.05, 0) is 42.5 Å². The first-order valence-corrected chi connectivity index (χ1v) is 12.0. The fraction of sp³-hybridized carbons (Fsp3) is 0.417. The van der Waals surface area contributed by atoms with Crippen LogP contribution in [0.1, 0.15) is 37.8 Å². The van der Waals surface area contributed by atoms with Gasteiger partial charge in [-0.3, -0.25) is 9.59 Å². The van der Waals surface area contributed by atoms with Crippen molar-refractivity contribution in [3.8, 4) is 0 Å². The third-order valence-corrected chi connectivity index (χ3v) is 6.03. The summed E-state index contributed by atoms with van der Waals surface area (Å²) in [5, 5.41) is 3.65. The molecule has 0 saturated carbocycles. The Morgan fingerprint density at radius 1 is 1.07 bits per heavy atom. The first kappa shape index (κ1) is 24.3. The van der Waals surface area contributed by atoms with Crippen LogP contribution in [0.15, 0.2) is 54.6 Å². The lowest BCUT2D eigenvalue weighted by Gasteiger charge is -2.30. The van der Waals surface area contributed by atoms with Crippen LogP contribution >= 0.6 is 23.4 Å². The second kappa shape index (κ2) is 13.3. The summed E-state index contributed by atoms with van der Waals surface area (Å²) in [6, 6.07) is 17.3. The Hall–Kier alpha value is -1.98. The molecule has 2 aromatic rings. The Morgan fingerprint density at radius 2 is 1.80 bits per heavy atom. The van der Waals surface area contributed by atoms with Crippen LogP contribution < -0.4 is 5.32 Å². The number of hydrogen-bond acceptors (Lipinski definition) is 3. The third kappa shape index (κ3) is 8.04. The Balaban J connectivity index is 2.03. The second-order valence-electron chi connectivity index (χ2n) is 7.16. The molecular weight excluding hydrogens is 416 g/mol. The number of halogens is 1. The average Bonchev–Trinajstić information content (AvgIpc) is 2.75. The normalized spacial score (nSPS) is 11.7. The van der Waals surface area contributed by atoms with E-state index in [-0.39, 0.29) is 11.8 Å². The van der Waals surface area contributed by atoms with Crippen LogP contribution in [0.5, 0.6) is 0 Å². The van der Waals surface area contributed by atoms with Crippen molar-refractivity contribution < 1.29 is 9.59 Å². The van der Waals surface area contributed by atoms with E-state index in [2.05, 4.69) is 17.4 Å².